The van der Waals surface area contributed by atoms with E-state index in [0.29, 0.717) is 31.4 Å². The Hall–Kier alpha value is -5.69. The Kier molecular flexibility index (Phi) is 24.2. The van der Waals surface area contributed by atoms with E-state index in [1.165, 1.54) is 24.3 Å². The van der Waals surface area contributed by atoms with E-state index in [9.17, 15) is 87.2 Å². The number of carboxylic acid groups (broad SMARTS) is 1. The van der Waals surface area contributed by atoms with Crippen LogP contribution in [0.4, 0.5) is 0 Å². The molecule has 0 aromatic heterocycles. The molecule has 0 aliphatic carbocycles. The lowest BCUT2D eigenvalue weighted by Crippen LogP contribution is -2.62. The van der Waals surface area contributed by atoms with Crippen LogP contribution in [0, 0.1) is 0 Å². The van der Waals surface area contributed by atoms with E-state index in [2.05, 4.69) is 40.9 Å². The second kappa shape index (κ2) is 28.7. The molecule has 8 amide bonds. The van der Waals surface area contributed by atoms with Gasteiger partial charge in [0.15, 0.2) is 0 Å². The molecule has 410 valence electrons. The highest BCUT2D eigenvalue weighted by atomic mass is 31.2. The minimum absolute atomic E-state index is 0.0204. The van der Waals surface area contributed by atoms with Crippen LogP contribution in [0.2, 0.25) is 0 Å². The molecule has 31 nitrogen and oxygen atoms in total. The number of aliphatic hydroxyl groups is 3. The number of rotatable bonds is 25. The van der Waals surface area contributed by atoms with Crippen LogP contribution in [0.3, 0.4) is 0 Å². The molecule has 3 heterocycles. The van der Waals surface area contributed by atoms with Crippen LogP contribution >= 0.6 is 15.6 Å². The van der Waals surface area contributed by atoms with Crippen molar-refractivity contribution in [3.63, 3.8) is 0 Å². The highest BCUT2D eigenvalue weighted by Crippen LogP contribution is 2.37. The van der Waals surface area contributed by atoms with Gasteiger partial charge in [-0.05, 0) is 69.7 Å². The van der Waals surface area contributed by atoms with Crippen LogP contribution in [0.5, 0.6) is 5.75 Å². The normalized spacial score (nSPS) is 20.2. The van der Waals surface area contributed by atoms with Gasteiger partial charge in [0.2, 0.25) is 47.3 Å². The van der Waals surface area contributed by atoms with Crippen molar-refractivity contribution in [1.82, 2.24) is 41.7 Å². The van der Waals surface area contributed by atoms with Crippen LogP contribution in [0.15, 0.2) is 24.3 Å². The Labute approximate surface area is 416 Å². The molecule has 33 heteroatoms. The van der Waals surface area contributed by atoms with E-state index in [0.717, 1.165) is 16.7 Å². The number of amides is 8. The number of hydrogen-bond acceptors (Lipinski definition) is 18. The molecule has 3 aliphatic rings. The molecule has 0 radical (unpaired) electrons. The van der Waals surface area contributed by atoms with Gasteiger partial charge in [0, 0.05) is 19.5 Å². The van der Waals surface area contributed by atoms with E-state index in [-0.39, 0.29) is 57.6 Å². The molecule has 4 rings (SSSR count). The standard InChI is InChI=1S/C37H57N9O19P2.C3H6O3/c1-19(48)29(35(55)43-26(18-65-67(61,62)63)36(56)45-13-3-6-27(45)30(38)50)44-34(54)28-7-4-14-46(28)37(57)25(17-64-66(58,59)60)42-32(52)23(15-20-8-10-21(49)11-9-20)40-33(53)24(16-47)41-31(51)22-5-2-12-39-22;4-2-1-3(5)6/h8-11,19,22-29,39,47-49H,2-7,12-18H2,1H3,(H2,38,50)(H,40,53)(H,41,51)(H,42,52)(H,43,55)(H,44,54)(H2,58,59,60)(H2,61,62,63);4H,1-2H2,(H,5,6)/t19-,22+,23+,24+,25+,26+,27+,28+,29+;/m1./s1. The van der Waals surface area contributed by atoms with E-state index in [1.54, 1.807) is 0 Å². The molecule has 9 atom stereocenters. The zero-order valence-electron chi connectivity index (χ0n) is 39.3. The number of carbonyl (C=O) groups excluding carboxylic acids is 8. The topological polar surface area (TPSA) is 493 Å². The summed E-state index contributed by atoms with van der Waals surface area (Å²) in [6.07, 6.45) is -0.593. The van der Waals surface area contributed by atoms with Crippen molar-refractivity contribution in [2.45, 2.75) is 113 Å². The fourth-order valence-electron chi connectivity index (χ4n) is 7.73. The maximum atomic E-state index is 14.2. The van der Waals surface area contributed by atoms with Gasteiger partial charge in [0.25, 0.3) is 0 Å². The second-order valence-corrected chi connectivity index (χ2v) is 19.4. The van der Waals surface area contributed by atoms with Gasteiger partial charge in [-0.3, -0.25) is 52.2 Å². The minimum Gasteiger partial charge on any atom is -0.508 e. The summed E-state index contributed by atoms with van der Waals surface area (Å²) < 4.78 is 32.4. The number of aliphatic carboxylic acids is 1. The molecular weight excluding hydrogens is 1020 g/mol. The van der Waals surface area contributed by atoms with Crippen LogP contribution in [-0.2, 0) is 67.7 Å². The molecule has 1 aromatic rings. The predicted molar refractivity (Wildman–Crippen MR) is 245 cm³/mol. The van der Waals surface area contributed by atoms with Crippen molar-refractivity contribution in [2.75, 3.05) is 46.1 Å². The van der Waals surface area contributed by atoms with E-state index < -0.39 is 143 Å². The lowest BCUT2D eigenvalue weighted by atomic mass is 10.0. The number of aromatic hydroxyl groups is 1. The van der Waals surface area contributed by atoms with E-state index in [1.807, 2.05) is 0 Å². The van der Waals surface area contributed by atoms with Crippen LogP contribution in [0.1, 0.15) is 57.4 Å². The SMILES string of the molecule is C[C@@H](O)[C@H](NC(=O)[C@@H]1CCCN1C(=O)[C@H](COP(=O)(O)O)NC(=O)[C@H](Cc1ccc(O)cc1)NC(=O)[C@H](CO)NC(=O)[C@@H]1CCCN1)C(=O)N[C@@H](COP(=O)(O)O)C(=O)N1CCC[C@H]1C(N)=O.O=C(O)CCO. The maximum Gasteiger partial charge on any atom is 0.469 e. The first-order chi connectivity index (χ1) is 34.2. The minimum atomic E-state index is -5.35. The van der Waals surface area contributed by atoms with Crippen molar-refractivity contribution in [2.24, 2.45) is 5.73 Å². The van der Waals surface area contributed by atoms with Gasteiger partial charge in [-0.25, -0.2) is 9.13 Å². The molecule has 3 fully saturated rings. The molecule has 3 saturated heterocycles. The third-order valence-electron chi connectivity index (χ3n) is 11.3. The van der Waals surface area contributed by atoms with Gasteiger partial charge < -0.3 is 92.5 Å². The van der Waals surface area contributed by atoms with Gasteiger partial charge in [-0.15, -0.1) is 0 Å². The molecule has 17 N–H and O–H groups in total. The number of benzene rings is 1. The molecule has 0 spiro atoms. The van der Waals surface area contributed by atoms with Crippen molar-refractivity contribution in [3.8, 4) is 5.75 Å². The Morgan fingerprint density at radius 1 is 0.712 bits per heavy atom. The fraction of sp³-hybridized carbons (Fsp3) is 0.625. The monoisotopic (exact) mass is 1080 g/mol. The number of primary amides is 1. The smallest absolute Gasteiger partial charge is 0.469 e. The number of phosphoric ester groups is 2. The fourth-order valence-corrected chi connectivity index (χ4v) is 8.42. The van der Waals surface area contributed by atoms with Gasteiger partial charge in [-0.1, -0.05) is 12.1 Å². The average Bonchev–Trinajstić information content (AvgIpc) is 4.13. The van der Waals surface area contributed by atoms with Gasteiger partial charge in [0.05, 0.1) is 45.0 Å². The van der Waals surface area contributed by atoms with Gasteiger partial charge >= 0.3 is 21.6 Å². The lowest BCUT2D eigenvalue weighted by Gasteiger charge is -2.32. The summed E-state index contributed by atoms with van der Waals surface area (Å²) in [6.45, 7) is -2.10. The predicted octanol–water partition coefficient (Wildman–Crippen LogP) is -6.38. The third-order valence-corrected chi connectivity index (χ3v) is 12.3. The number of carboxylic acids is 1. The Balaban J connectivity index is 0.00000220. The van der Waals surface area contributed by atoms with E-state index in [4.69, 9.17) is 15.9 Å². The molecule has 1 aromatic carbocycles. The number of hydrogen-bond donors (Lipinski definition) is 16. The summed E-state index contributed by atoms with van der Waals surface area (Å²) in [4.78, 5) is 156. The number of carbonyl (C=O) groups is 9. The molecule has 0 bridgehead atoms. The summed E-state index contributed by atoms with van der Waals surface area (Å²) in [5.41, 5.74) is 5.75. The van der Waals surface area contributed by atoms with Crippen molar-refractivity contribution in [1.29, 1.82) is 0 Å². The summed E-state index contributed by atoms with van der Waals surface area (Å²) in [7, 11) is -10.6. The number of nitrogens with one attached hydrogen (secondary N) is 6. The van der Waals surface area contributed by atoms with E-state index >= 15 is 0 Å². The summed E-state index contributed by atoms with van der Waals surface area (Å²) in [5, 5.41) is 60.5. The number of aliphatic hydroxyl groups excluding tert-OH is 3. The first-order valence-electron chi connectivity index (χ1n) is 22.6. The number of nitrogens with two attached hydrogens (primary N) is 1. The lowest BCUT2D eigenvalue weighted by molar-refractivity contribution is -0.144. The molecular formula is C40H63N9O22P2. The third kappa shape index (κ3) is 20.3. The zero-order chi connectivity index (χ0) is 54.8. The van der Waals surface area contributed by atoms with Gasteiger partial charge in [-0.2, -0.15) is 0 Å². The summed E-state index contributed by atoms with van der Waals surface area (Å²) in [5.74, 6) is -9.32. The number of phenolic OH excluding ortho intramolecular Hbond substituents is 1. The van der Waals surface area contributed by atoms with Crippen molar-refractivity contribution >= 4 is 68.9 Å². The Bertz CT molecular complexity index is 2210. The highest BCUT2D eigenvalue weighted by Gasteiger charge is 2.43. The number of phosphoric acid groups is 2. The first kappa shape index (κ1) is 61.6. The molecule has 3 aliphatic heterocycles. The average molecular weight is 1080 g/mol. The highest BCUT2D eigenvalue weighted by molar-refractivity contribution is 7.46. The summed E-state index contributed by atoms with van der Waals surface area (Å²) in [6, 6.07) is -6.88. The maximum absolute atomic E-state index is 14.2. The van der Waals surface area contributed by atoms with Crippen LogP contribution < -0.4 is 37.6 Å². The van der Waals surface area contributed by atoms with Crippen molar-refractivity contribution in [3.05, 3.63) is 29.8 Å². The Morgan fingerprint density at radius 2 is 1.22 bits per heavy atom. The van der Waals surface area contributed by atoms with Crippen LogP contribution in [-0.4, -0.2) is 209 Å². The van der Waals surface area contributed by atoms with Crippen LogP contribution in [0.25, 0.3) is 0 Å². The number of likely N-dealkylation sites (tertiary alicyclic amines) is 2. The quantitative estimate of drug-likeness (QED) is 0.0405. The largest absolute Gasteiger partial charge is 0.508 e. The Morgan fingerprint density at radius 3 is 1.67 bits per heavy atom. The second-order valence-electron chi connectivity index (χ2n) is 16.9. The van der Waals surface area contributed by atoms with Crippen molar-refractivity contribution < 1.29 is 106 Å². The zero-order valence-corrected chi connectivity index (χ0v) is 41.1. The first-order valence-corrected chi connectivity index (χ1v) is 25.7. The molecule has 0 unspecified atom stereocenters. The number of nitrogens with zero attached hydrogens (tertiary/aromatic N) is 2. The molecule has 0 saturated carbocycles. The molecule has 73 heavy (non-hydrogen) atoms. The van der Waals surface area contributed by atoms with Gasteiger partial charge in [0.1, 0.15) is 48.0 Å². The number of phenols is 1. The summed E-state index contributed by atoms with van der Waals surface area (Å²) >= 11 is 0.